The highest BCUT2D eigenvalue weighted by atomic mass is 32.2. The van der Waals surface area contributed by atoms with Gasteiger partial charge in [-0.3, -0.25) is 5.32 Å². The molecule has 2 unspecified atom stereocenters. The maximum absolute atomic E-state index is 9.41. The standard InChI is InChI=1S/C12H16N4OS/c1-8-15-16-11(17-8)18-10-4-5-12(6-10,7-13)14-9-2-3-9/h9-10,14H,2-6H2,1H3. The Kier molecular flexibility index (Phi) is 3.04. The molecule has 0 saturated heterocycles. The molecule has 2 aliphatic rings. The van der Waals surface area contributed by atoms with E-state index in [9.17, 15) is 5.26 Å². The summed E-state index contributed by atoms with van der Waals surface area (Å²) < 4.78 is 5.38. The highest BCUT2D eigenvalue weighted by molar-refractivity contribution is 7.99. The van der Waals surface area contributed by atoms with E-state index in [1.807, 2.05) is 0 Å². The fourth-order valence-electron chi connectivity index (χ4n) is 2.45. The number of hydrogen-bond donors (Lipinski definition) is 1. The van der Waals surface area contributed by atoms with E-state index in [1.165, 1.54) is 12.8 Å². The Labute approximate surface area is 110 Å². The minimum Gasteiger partial charge on any atom is -0.416 e. The normalized spacial score (nSPS) is 31.4. The average molecular weight is 264 g/mol. The third kappa shape index (κ3) is 2.52. The van der Waals surface area contributed by atoms with E-state index < -0.39 is 0 Å². The topological polar surface area (TPSA) is 74.7 Å². The summed E-state index contributed by atoms with van der Waals surface area (Å²) in [6.07, 6.45) is 5.24. The molecule has 2 saturated carbocycles. The van der Waals surface area contributed by atoms with Gasteiger partial charge in [-0.2, -0.15) is 5.26 Å². The summed E-state index contributed by atoms with van der Waals surface area (Å²) in [5.74, 6) is 0.596. The van der Waals surface area contributed by atoms with Crippen LogP contribution in [0.4, 0.5) is 0 Å². The lowest BCUT2D eigenvalue weighted by molar-refractivity contribution is 0.418. The monoisotopic (exact) mass is 264 g/mol. The van der Waals surface area contributed by atoms with Crippen LogP contribution in [0.5, 0.6) is 0 Å². The number of rotatable bonds is 4. The van der Waals surface area contributed by atoms with Gasteiger partial charge in [0.2, 0.25) is 5.89 Å². The van der Waals surface area contributed by atoms with Crippen LogP contribution < -0.4 is 5.32 Å². The van der Waals surface area contributed by atoms with Gasteiger partial charge >= 0.3 is 0 Å². The molecule has 1 heterocycles. The fraction of sp³-hybridized carbons (Fsp3) is 0.750. The van der Waals surface area contributed by atoms with Crippen LogP contribution in [0.25, 0.3) is 0 Å². The molecular formula is C12H16N4OS. The van der Waals surface area contributed by atoms with Crippen LogP contribution in [-0.4, -0.2) is 27.0 Å². The summed E-state index contributed by atoms with van der Waals surface area (Å²) in [4.78, 5) is 0. The SMILES string of the molecule is Cc1nnc(SC2CCC(C#N)(NC3CC3)C2)o1. The zero-order valence-electron chi connectivity index (χ0n) is 10.3. The van der Waals surface area contributed by atoms with Gasteiger partial charge in [0, 0.05) is 18.2 Å². The third-order valence-electron chi connectivity index (χ3n) is 3.52. The zero-order valence-corrected chi connectivity index (χ0v) is 11.2. The molecule has 0 bridgehead atoms. The number of aryl methyl sites for hydroxylation is 1. The van der Waals surface area contributed by atoms with Crippen molar-refractivity contribution in [1.29, 1.82) is 5.26 Å². The van der Waals surface area contributed by atoms with Gasteiger partial charge < -0.3 is 4.42 Å². The molecule has 0 radical (unpaired) electrons. The maximum Gasteiger partial charge on any atom is 0.276 e. The van der Waals surface area contributed by atoms with E-state index in [0.29, 0.717) is 22.4 Å². The minimum atomic E-state index is -0.325. The first-order valence-electron chi connectivity index (χ1n) is 6.35. The lowest BCUT2D eigenvalue weighted by Crippen LogP contribution is -2.43. The van der Waals surface area contributed by atoms with Crippen LogP contribution in [0, 0.1) is 18.3 Å². The fourth-order valence-corrected chi connectivity index (χ4v) is 3.60. The lowest BCUT2D eigenvalue weighted by atomic mass is 10.00. The van der Waals surface area contributed by atoms with Crippen LogP contribution in [0.15, 0.2) is 9.64 Å². The summed E-state index contributed by atoms with van der Waals surface area (Å²) in [5.41, 5.74) is -0.325. The molecule has 2 aliphatic carbocycles. The van der Waals surface area contributed by atoms with Crippen molar-refractivity contribution in [2.75, 3.05) is 0 Å². The molecule has 0 spiro atoms. The molecule has 96 valence electrons. The molecule has 1 aromatic rings. The van der Waals surface area contributed by atoms with Gasteiger partial charge in [0.25, 0.3) is 5.22 Å². The van der Waals surface area contributed by atoms with Crippen molar-refractivity contribution in [2.24, 2.45) is 0 Å². The Morgan fingerprint density at radius 1 is 1.44 bits per heavy atom. The molecule has 0 aliphatic heterocycles. The molecule has 5 nitrogen and oxygen atoms in total. The van der Waals surface area contributed by atoms with Crippen LogP contribution in [0.1, 0.15) is 38.0 Å². The smallest absolute Gasteiger partial charge is 0.276 e. The number of nitrogens with zero attached hydrogens (tertiary/aromatic N) is 3. The third-order valence-corrected chi connectivity index (χ3v) is 4.62. The second-order valence-corrected chi connectivity index (χ2v) is 6.43. The highest BCUT2D eigenvalue weighted by Gasteiger charge is 2.43. The molecule has 3 rings (SSSR count). The first-order valence-corrected chi connectivity index (χ1v) is 7.23. The molecule has 0 amide bonds. The van der Waals surface area contributed by atoms with Crippen LogP contribution in [0.3, 0.4) is 0 Å². The van der Waals surface area contributed by atoms with E-state index in [-0.39, 0.29) is 5.54 Å². The summed E-state index contributed by atoms with van der Waals surface area (Å²) in [6, 6.07) is 3.05. The first kappa shape index (κ1) is 12.0. The second kappa shape index (κ2) is 4.56. The lowest BCUT2D eigenvalue weighted by Gasteiger charge is -2.22. The Balaban J connectivity index is 1.61. The molecule has 2 fully saturated rings. The second-order valence-electron chi connectivity index (χ2n) is 5.18. The van der Waals surface area contributed by atoms with Gasteiger partial charge in [0.1, 0.15) is 5.54 Å². The van der Waals surface area contributed by atoms with E-state index >= 15 is 0 Å². The summed E-state index contributed by atoms with van der Waals surface area (Å²) >= 11 is 1.61. The Hall–Kier alpha value is -1.06. The summed E-state index contributed by atoms with van der Waals surface area (Å²) in [5, 5.41) is 21.8. The average Bonchev–Trinajstić information content (AvgIpc) is 2.93. The predicted octanol–water partition coefficient (Wildman–Crippen LogP) is 2.04. The van der Waals surface area contributed by atoms with Crippen molar-refractivity contribution in [3.05, 3.63) is 5.89 Å². The molecule has 18 heavy (non-hydrogen) atoms. The number of hydrogen-bond acceptors (Lipinski definition) is 6. The van der Waals surface area contributed by atoms with E-state index in [1.54, 1.807) is 18.7 Å². The van der Waals surface area contributed by atoms with Crippen molar-refractivity contribution in [2.45, 2.75) is 61.1 Å². The van der Waals surface area contributed by atoms with Gasteiger partial charge in [-0.05, 0) is 32.1 Å². The van der Waals surface area contributed by atoms with Gasteiger partial charge in [-0.25, -0.2) is 0 Å². The zero-order chi connectivity index (χ0) is 12.6. The van der Waals surface area contributed by atoms with Crippen molar-refractivity contribution >= 4 is 11.8 Å². The summed E-state index contributed by atoms with van der Waals surface area (Å²) in [6.45, 7) is 1.79. The number of nitrogens with one attached hydrogen (secondary N) is 1. The van der Waals surface area contributed by atoms with E-state index in [4.69, 9.17) is 4.42 Å². The number of nitriles is 1. The molecule has 1 N–H and O–H groups in total. The van der Waals surface area contributed by atoms with Crippen LogP contribution in [-0.2, 0) is 0 Å². The Bertz CT molecular complexity index is 479. The molecule has 0 aromatic carbocycles. The molecule has 6 heteroatoms. The van der Waals surface area contributed by atoms with Crippen molar-refractivity contribution in [3.63, 3.8) is 0 Å². The Morgan fingerprint density at radius 3 is 2.89 bits per heavy atom. The van der Waals surface area contributed by atoms with Crippen LogP contribution >= 0.6 is 11.8 Å². The van der Waals surface area contributed by atoms with Crippen molar-refractivity contribution < 1.29 is 4.42 Å². The number of aromatic nitrogens is 2. The van der Waals surface area contributed by atoms with Gasteiger partial charge in [0.05, 0.1) is 6.07 Å². The van der Waals surface area contributed by atoms with E-state index in [0.717, 1.165) is 19.3 Å². The largest absolute Gasteiger partial charge is 0.416 e. The molecular weight excluding hydrogens is 248 g/mol. The first-order chi connectivity index (χ1) is 8.69. The van der Waals surface area contributed by atoms with Gasteiger partial charge in [-0.1, -0.05) is 11.8 Å². The maximum atomic E-state index is 9.41. The number of thioether (sulfide) groups is 1. The van der Waals surface area contributed by atoms with Gasteiger partial charge in [-0.15, -0.1) is 10.2 Å². The van der Waals surface area contributed by atoms with Crippen molar-refractivity contribution in [3.8, 4) is 6.07 Å². The quantitative estimate of drug-likeness (QED) is 0.897. The van der Waals surface area contributed by atoms with E-state index in [2.05, 4.69) is 21.6 Å². The molecule has 2 atom stereocenters. The van der Waals surface area contributed by atoms with Crippen LogP contribution in [0.2, 0.25) is 0 Å². The molecule has 1 aromatic heterocycles. The summed E-state index contributed by atoms with van der Waals surface area (Å²) in [7, 11) is 0. The van der Waals surface area contributed by atoms with Crippen molar-refractivity contribution in [1.82, 2.24) is 15.5 Å². The minimum absolute atomic E-state index is 0.325. The Morgan fingerprint density at radius 2 is 2.28 bits per heavy atom. The van der Waals surface area contributed by atoms with Gasteiger partial charge in [0.15, 0.2) is 0 Å². The highest BCUT2D eigenvalue weighted by Crippen LogP contribution is 2.41. The predicted molar refractivity (Wildman–Crippen MR) is 67.0 cm³/mol.